The van der Waals surface area contributed by atoms with Crippen LogP contribution in [0.5, 0.6) is 0 Å². The molecule has 9 heteroatoms. The van der Waals surface area contributed by atoms with E-state index in [2.05, 4.69) is 23.1 Å². The van der Waals surface area contributed by atoms with Gasteiger partial charge in [-0.05, 0) is 42.1 Å². The fourth-order valence-corrected chi connectivity index (χ4v) is 8.41. The molecule has 0 bridgehead atoms. The van der Waals surface area contributed by atoms with E-state index in [0.717, 1.165) is 50.4 Å². The van der Waals surface area contributed by atoms with Crippen LogP contribution in [-0.4, -0.2) is 47.0 Å². The number of hydrogen-bond acceptors (Lipinski definition) is 6. The lowest BCUT2D eigenvalue weighted by Crippen LogP contribution is -2.55. The zero-order chi connectivity index (χ0) is 22.2. The Morgan fingerprint density at radius 3 is 2.52 bits per heavy atom. The lowest BCUT2D eigenvalue weighted by molar-refractivity contribution is -0.146. The largest absolute Gasteiger partial charge is 0.417 e. The average Bonchev–Trinajstić information content (AvgIpc) is 3.23. The number of ketones is 1. The summed E-state index contributed by atoms with van der Waals surface area (Å²) in [5, 5.41) is 0. The molecule has 4 aliphatic rings. The average molecular weight is 455 g/mol. The van der Waals surface area contributed by atoms with Crippen molar-refractivity contribution in [1.82, 2.24) is 9.29 Å². The van der Waals surface area contributed by atoms with E-state index < -0.39 is 11.7 Å². The zero-order valence-electron chi connectivity index (χ0n) is 18.0. The van der Waals surface area contributed by atoms with Gasteiger partial charge in [0.05, 0.1) is 11.3 Å². The Hall–Kier alpha value is -1.48. The van der Waals surface area contributed by atoms with Crippen LogP contribution in [0.1, 0.15) is 45.1 Å². The van der Waals surface area contributed by atoms with Gasteiger partial charge in [0.15, 0.2) is 5.82 Å². The van der Waals surface area contributed by atoms with Crippen LogP contribution >= 0.6 is 11.9 Å². The van der Waals surface area contributed by atoms with Gasteiger partial charge in [0.1, 0.15) is 5.78 Å². The Bertz CT molecular complexity index is 915. The number of pyridine rings is 1. The van der Waals surface area contributed by atoms with Gasteiger partial charge in [-0.15, -0.1) is 0 Å². The van der Waals surface area contributed by atoms with Crippen molar-refractivity contribution in [3.05, 3.63) is 17.8 Å². The summed E-state index contributed by atoms with van der Waals surface area (Å²) in [6.45, 7) is 7.50. The molecule has 0 amide bonds. The number of rotatable bonds is 4. The third-order valence-corrected chi connectivity index (χ3v) is 10.1. The topological polar surface area (TPSA) is 62.5 Å². The van der Waals surface area contributed by atoms with E-state index in [0.29, 0.717) is 30.6 Å². The van der Waals surface area contributed by atoms with Crippen LogP contribution in [0.2, 0.25) is 0 Å². The van der Waals surface area contributed by atoms with Crippen LogP contribution in [0.3, 0.4) is 0 Å². The minimum absolute atomic E-state index is 0.0565. The van der Waals surface area contributed by atoms with Gasteiger partial charge >= 0.3 is 6.18 Å². The molecule has 170 valence electrons. The van der Waals surface area contributed by atoms with Crippen molar-refractivity contribution in [3.8, 4) is 0 Å². The van der Waals surface area contributed by atoms with E-state index in [1.807, 2.05) is 4.90 Å². The summed E-state index contributed by atoms with van der Waals surface area (Å²) in [7, 11) is 0. The number of piperazine rings is 1. The van der Waals surface area contributed by atoms with Crippen LogP contribution in [0, 0.1) is 22.2 Å². The first kappa shape index (κ1) is 21.4. The molecule has 0 radical (unpaired) electrons. The van der Waals surface area contributed by atoms with Crippen molar-refractivity contribution < 1.29 is 18.0 Å². The molecule has 1 aromatic rings. The fraction of sp³-hybridized carbons (Fsp3) is 0.727. The normalized spacial score (nSPS) is 34.7. The molecular formula is C22H29F3N4OS. The third-order valence-electron chi connectivity index (χ3n) is 8.78. The highest BCUT2D eigenvalue weighted by Crippen LogP contribution is 2.87. The van der Waals surface area contributed by atoms with Gasteiger partial charge in [-0.2, -0.15) is 13.2 Å². The second kappa shape index (κ2) is 6.76. The van der Waals surface area contributed by atoms with Gasteiger partial charge in [0, 0.05) is 50.0 Å². The number of alkyl halides is 3. The number of nitrogens with zero attached hydrogens (tertiary/aromatic N) is 3. The summed E-state index contributed by atoms with van der Waals surface area (Å²) >= 11 is 1.78. The lowest BCUT2D eigenvalue weighted by atomic mass is 9.50. The zero-order valence-corrected chi connectivity index (χ0v) is 18.8. The van der Waals surface area contributed by atoms with Crippen molar-refractivity contribution in [2.45, 2.75) is 45.7 Å². The molecule has 1 saturated heterocycles. The minimum atomic E-state index is -4.45. The first-order valence-corrected chi connectivity index (χ1v) is 12.0. The summed E-state index contributed by atoms with van der Waals surface area (Å²) in [5.74, 6) is 2.43. The molecule has 1 spiro atoms. The second-order valence-electron chi connectivity index (χ2n) is 10.1. The van der Waals surface area contributed by atoms with Crippen molar-refractivity contribution in [1.29, 1.82) is 0 Å². The van der Waals surface area contributed by atoms with Gasteiger partial charge in [-0.25, -0.2) is 9.29 Å². The van der Waals surface area contributed by atoms with E-state index in [4.69, 9.17) is 5.73 Å². The number of halogens is 3. The monoisotopic (exact) mass is 454 g/mol. The van der Waals surface area contributed by atoms with Crippen LogP contribution in [0.25, 0.3) is 0 Å². The molecule has 3 aliphatic carbocycles. The molecule has 5 nitrogen and oxygen atoms in total. The van der Waals surface area contributed by atoms with E-state index in [-0.39, 0.29) is 21.9 Å². The van der Waals surface area contributed by atoms with E-state index in [9.17, 15) is 18.0 Å². The van der Waals surface area contributed by atoms with Crippen molar-refractivity contribution in [3.63, 3.8) is 0 Å². The smallest absolute Gasteiger partial charge is 0.396 e. The third kappa shape index (κ3) is 2.88. The van der Waals surface area contributed by atoms with Crippen molar-refractivity contribution in [2.75, 3.05) is 42.6 Å². The molecule has 3 atom stereocenters. The number of hydrogen-bond donors (Lipinski definition) is 1. The number of carbonyl (C=O) groups excluding carboxylic acids is 1. The standard InChI is InChI=1S/C22H29F3N4OS/c1-19(2)16-3-4-17(30)20(5-6-21(16,19)20)13-31-29-9-7-28(8-10-29)18-15(26)11-14(12-27-18)22(23,24)25/h11-12,16H,3-10,13,26H2,1-2H3. The van der Waals surface area contributed by atoms with Crippen LogP contribution in [-0.2, 0) is 11.0 Å². The Morgan fingerprint density at radius 1 is 1.23 bits per heavy atom. The first-order chi connectivity index (χ1) is 14.5. The number of aromatic nitrogens is 1. The van der Waals surface area contributed by atoms with Gasteiger partial charge < -0.3 is 10.6 Å². The van der Waals surface area contributed by atoms with Crippen LogP contribution in [0.4, 0.5) is 24.7 Å². The highest BCUT2D eigenvalue weighted by Gasteiger charge is 2.85. The molecule has 4 fully saturated rings. The molecule has 3 saturated carbocycles. The maximum Gasteiger partial charge on any atom is 0.417 e. The summed E-state index contributed by atoms with van der Waals surface area (Å²) < 4.78 is 40.9. The van der Waals surface area contributed by atoms with Gasteiger partial charge in [-0.1, -0.05) is 25.8 Å². The molecule has 1 aliphatic heterocycles. The van der Waals surface area contributed by atoms with Crippen LogP contribution in [0.15, 0.2) is 12.3 Å². The molecule has 2 N–H and O–H groups in total. The molecule has 31 heavy (non-hydrogen) atoms. The summed E-state index contributed by atoms with van der Waals surface area (Å²) in [5.41, 5.74) is 5.46. The highest BCUT2D eigenvalue weighted by atomic mass is 32.2. The molecule has 5 rings (SSSR count). The van der Waals surface area contributed by atoms with Gasteiger partial charge in [-0.3, -0.25) is 4.79 Å². The minimum Gasteiger partial charge on any atom is -0.396 e. The van der Waals surface area contributed by atoms with Gasteiger partial charge in [0.2, 0.25) is 0 Å². The first-order valence-electron chi connectivity index (χ1n) is 11.0. The number of nitrogen functional groups attached to an aromatic ring is 1. The van der Waals surface area contributed by atoms with Crippen LogP contribution < -0.4 is 10.6 Å². The number of carbonyl (C=O) groups is 1. The Morgan fingerprint density at radius 2 is 1.94 bits per heavy atom. The van der Waals surface area contributed by atoms with Crippen molar-refractivity contribution in [2.24, 2.45) is 22.2 Å². The second-order valence-corrected chi connectivity index (χ2v) is 11.2. The summed E-state index contributed by atoms with van der Waals surface area (Å²) in [6.07, 6.45) is 0.388. The number of nitrogens with two attached hydrogens (primary N) is 1. The molecule has 0 aromatic carbocycles. The maximum atomic E-state index is 13.0. The maximum absolute atomic E-state index is 13.0. The SMILES string of the molecule is CC1(C)C2CCC(=O)C3(CSN4CCN(c5ncc(C(F)(F)F)cc5N)CC4)CCC231. The quantitative estimate of drug-likeness (QED) is 0.687. The molecular weight excluding hydrogens is 425 g/mol. The number of Topliss-reactive ketones (excluding diaryl/α,β-unsaturated/α-hetero) is 1. The number of anilines is 2. The lowest BCUT2D eigenvalue weighted by Gasteiger charge is -2.54. The summed E-state index contributed by atoms with van der Waals surface area (Å²) in [4.78, 5) is 18.9. The summed E-state index contributed by atoms with van der Waals surface area (Å²) in [6, 6.07) is 0.959. The predicted molar refractivity (Wildman–Crippen MR) is 116 cm³/mol. The molecule has 3 unspecified atom stereocenters. The highest BCUT2D eigenvalue weighted by molar-refractivity contribution is 7.97. The van der Waals surface area contributed by atoms with Gasteiger partial charge in [0.25, 0.3) is 0 Å². The molecule has 1 aromatic heterocycles. The molecule has 2 heterocycles. The van der Waals surface area contributed by atoms with E-state index in [1.54, 1.807) is 11.9 Å². The van der Waals surface area contributed by atoms with Crippen molar-refractivity contribution >= 4 is 29.2 Å². The van der Waals surface area contributed by atoms with E-state index >= 15 is 0 Å². The Labute approximate surface area is 185 Å². The fourth-order valence-electron chi connectivity index (χ4n) is 7.02. The van der Waals surface area contributed by atoms with E-state index in [1.165, 1.54) is 6.42 Å². The predicted octanol–water partition coefficient (Wildman–Crippen LogP) is 4.24. The Balaban J connectivity index is 1.20. The Kier molecular flexibility index (Phi) is 4.66.